The van der Waals surface area contributed by atoms with Crippen molar-refractivity contribution in [1.82, 2.24) is 5.32 Å². The molecule has 0 radical (unpaired) electrons. The molecule has 0 aliphatic carbocycles. The van der Waals surface area contributed by atoms with Crippen molar-refractivity contribution in [2.45, 2.75) is 17.9 Å². The largest absolute Gasteiger partial charge is 0.484 e. The van der Waals surface area contributed by atoms with Crippen LogP contribution in [0.4, 0.5) is 0 Å². The Balaban J connectivity index is 1.86. The third-order valence-electron chi connectivity index (χ3n) is 3.18. The minimum Gasteiger partial charge on any atom is -0.484 e. The van der Waals surface area contributed by atoms with Crippen LogP contribution in [0.15, 0.2) is 57.9 Å². The summed E-state index contributed by atoms with van der Waals surface area (Å²) >= 11 is 5.16. The maximum atomic E-state index is 12.0. The van der Waals surface area contributed by atoms with E-state index in [4.69, 9.17) is 4.74 Å². The van der Waals surface area contributed by atoms with Crippen LogP contribution in [0.25, 0.3) is 0 Å². The van der Waals surface area contributed by atoms with Crippen molar-refractivity contribution < 1.29 is 9.53 Å². The van der Waals surface area contributed by atoms with E-state index in [0.29, 0.717) is 5.75 Å². The fourth-order valence-electron chi connectivity index (χ4n) is 2.01. The first-order valence-electron chi connectivity index (χ1n) is 6.91. The quantitative estimate of drug-likeness (QED) is 0.754. The van der Waals surface area contributed by atoms with Gasteiger partial charge in [0.15, 0.2) is 6.61 Å². The summed E-state index contributed by atoms with van der Waals surface area (Å²) in [6.45, 7) is 1.96. The van der Waals surface area contributed by atoms with Crippen molar-refractivity contribution in [3.8, 4) is 5.75 Å². The third-order valence-corrected chi connectivity index (χ3v) is 4.64. The van der Waals surface area contributed by atoms with Gasteiger partial charge in [-0.1, -0.05) is 34.1 Å². The Labute approximate surface area is 143 Å². The molecule has 2 aromatic rings. The van der Waals surface area contributed by atoms with Gasteiger partial charge in [-0.15, -0.1) is 11.8 Å². The van der Waals surface area contributed by atoms with Crippen molar-refractivity contribution in [2.24, 2.45) is 0 Å². The van der Waals surface area contributed by atoms with Gasteiger partial charge in [0.25, 0.3) is 5.91 Å². The molecule has 5 heteroatoms. The molecule has 1 atom stereocenters. The molecule has 0 heterocycles. The van der Waals surface area contributed by atoms with Crippen LogP contribution in [0, 0.1) is 0 Å². The monoisotopic (exact) mass is 379 g/mol. The highest BCUT2D eigenvalue weighted by Crippen LogP contribution is 2.22. The molecule has 2 rings (SSSR count). The molecule has 1 N–H and O–H groups in total. The summed E-state index contributed by atoms with van der Waals surface area (Å²) in [4.78, 5) is 13.1. The maximum absolute atomic E-state index is 12.0. The summed E-state index contributed by atoms with van der Waals surface area (Å²) in [5.74, 6) is 0.554. The van der Waals surface area contributed by atoms with Gasteiger partial charge in [0.2, 0.25) is 0 Å². The first-order chi connectivity index (χ1) is 10.6. The lowest BCUT2D eigenvalue weighted by Gasteiger charge is -2.16. The topological polar surface area (TPSA) is 38.3 Å². The van der Waals surface area contributed by atoms with Crippen LogP contribution in [0.3, 0.4) is 0 Å². The van der Waals surface area contributed by atoms with Crippen LogP contribution in [0.5, 0.6) is 5.75 Å². The zero-order valence-corrected chi connectivity index (χ0v) is 14.9. The first kappa shape index (κ1) is 16.9. The lowest BCUT2D eigenvalue weighted by Crippen LogP contribution is -2.31. The van der Waals surface area contributed by atoms with Gasteiger partial charge >= 0.3 is 0 Å². The molecule has 2 aromatic carbocycles. The Morgan fingerprint density at radius 2 is 1.91 bits per heavy atom. The standard InChI is InChI=1S/C17H18BrNO2S/c1-12(15-5-3-4-6-16(15)18)19-17(20)11-21-13-7-9-14(22-2)10-8-13/h3-10,12H,11H2,1-2H3,(H,19,20)/t12-/m0/s1. The Hall–Kier alpha value is -1.46. The number of rotatable bonds is 6. The van der Waals surface area contributed by atoms with Crippen LogP contribution in [0.2, 0.25) is 0 Å². The molecule has 0 bridgehead atoms. The average Bonchev–Trinajstić information content (AvgIpc) is 2.53. The number of ether oxygens (including phenoxy) is 1. The van der Waals surface area contributed by atoms with E-state index in [2.05, 4.69) is 21.2 Å². The molecular weight excluding hydrogens is 362 g/mol. The van der Waals surface area contributed by atoms with Crippen LogP contribution >= 0.6 is 27.7 Å². The SMILES string of the molecule is CSc1ccc(OCC(=O)N[C@@H](C)c2ccccc2Br)cc1. The van der Waals surface area contributed by atoms with E-state index in [1.807, 2.05) is 61.7 Å². The molecule has 0 aromatic heterocycles. The zero-order valence-electron chi connectivity index (χ0n) is 12.5. The van der Waals surface area contributed by atoms with E-state index >= 15 is 0 Å². The first-order valence-corrected chi connectivity index (χ1v) is 8.92. The number of carbonyl (C=O) groups excluding carboxylic acids is 1. The summed E-state index contributed by atoms with van der Waals surface area (Å²) in [5.41, 5.74) is 1.04. The number of thioether (sulfide) groups is 1. The van der Waals surface area contributed by atoms with Crippen LogP contribution in [-0.2, 0) is 4.79 Å². The fourth-order valence-corrected chi connectivity index (χ4v) is 3.04. The summed E-state index contributed by atoms with van der Waals surface area (Å²) in [5, 5.41) is 2.93. The van der Waals surface area contributed by atoms with E-state index in [-0.39, 0.29) is 18.6 Å². The highest BCUT2D eigenvalue weighted by atomic mass is 79.9. The lowest BCUT2D eigenvalue weighted by atomic mass is 10.1. The number of halogens is 1. The van der Waals surface area contributed by atoms with Gasteiger partial charge in [0.1, 0.15) is 5.75 Å². The second-order valence-corrected chi connectivity index (χ2v) is 6.51. The summed E-state index contributed by atoms with van der Waals surface area (Å²) < 4.78 is 6.48. The van der Waals surface area contributed by atoms with E-state index in [1.165, 1.54) is 4.90 Å². The highest BCUT2D eigenvalue weighted by Gasteiger charge is 2.12. The zero-order chi connectivity index (χ0) is 15.9. The third kappa shape index (κ3) is 4.78. The second-order valence-electron chi connectivity index (χ2n) is 4.77. The Bertz CT molecular complexity index is 631. The number of hydrogen-bond donors (Lipinski definition) is 1. The van der Waals surface area contributed by atoms with Crippen molar-refractivity contribution >= 4 is 33.6 Å². The van der Waals surface area contributed by atoms with Gasteiger partial charge in [-0.25, -0.2) is 0 Å². The molecule has 0 saturated heterocycles. The van der Waals surface area contributed by atoms with E-state index in [9.17, 15) is 4.79 Å². The smallest absolute Gasteiger partial charge is 0.258 e. The van der Waals surface area contributed by atoms with Crippen LogP contribution in [-0.4, -0.2) is 18.8 Å². The van der Waals surface area contributed by atoms with Crippen molar-refractivity contribution in [1.29, 1.82) is 0 Å². The molecule has 22 heavy (non-hydrogen) atoms. The number of benzene rings is 2. The van der Waals surface area contributed by atoms with Gasteiger partial charge in [0.05, 0.1) is 6.04 Å². The number of carbonyl (C=O) groups is 1. The van der Waals surface area contributed by atoms with Crippen molar-refractivity contribution in [3.05, 3.63) is 58.6 Å². The van der Waals surface area contributed by atoms with Crippen LogP contribution < -0.4 is 10.1 Å². The molecule has 1 amide bonds. The minimum absolute atomic E-state index is 0.00735. The Kier molecular flexibility index (Phi) is 6.34. The predicted octanol–water partition coefficient (Wildman–Crippen LogP) is 4.43. The van der Waals surface area contributed by atoms with Crippen molar-refractivity contribution in [2.75, 3.05) is 12.9 Å². The molecule has 0 spiro atoms. The Morgan fingerprint density at radius 3 is 2.55 bits per heavy atom. The molecule has 3 nitrogen and oxygen atoms in total. The second kappa shape index (κ2) is 8.25. The lowest BCUT2D eigenvalue weighted by molar-refractivity contribution is -0.123. The molecule has 0 fully saturated rings. The minimum atomic E-state index is -0.141. The van der Waals surface area contributed by atoms with Gasteiger partial charge in [-0.2, -0.15) is 0 Å². The van der Waals surface area contributed by atoms with Gasteiger partial charge < -0.3 is 10.1 Å². The number of amides is 1. The average molecular weight is 380 g/mol. The summed E-state index contributed by atoms with van der Waals surface area (Å²) in [7, 11) is 0. The molecular formula is C17H18BrNO2S. The predicted molar refractivity (Wildman–Crippen MR) is 94.4 cm³/mol. The maximum Gasteiger partial charge on any atom is 0.258 e. The molecule has 0 unspecified atom stereocenters. The Morgan fingerprint density at radius 1 is 1.23 bits per heavy atom. The van der Waals surface area contributed by atoms with E-state index in [0.717, 1.165) is 10.0 Å². The van der Waals surface area contributed by atoms with Gasteiger partial charge in [-0.3, -0.25) is 4.79 Å². The normalized spacial score (nSPS) is 11.8. The fraction of sp³-hybridized carbons (Fsp3) is 0.235. The number of nitrogens with one attached hydrogen (secondary N) is 1. The molecule has 116 valence electrons. The summed E-state index contributed by atoms with van der Waals surface area (Å²) in [6, 6.07) is 15.5. The number of hydrogen-bond acceptors (Lipinski definition) is 3. The van der Waals surface area contributed by atoms with Crippen molar-refractivity contribution in [3.63, 3.8) is 0 Å². The van der Waals surface area contributed by atoms with E-state index in [1.54, 1.807) is 11.8 Å². The molecule has 0 aliphatic heterocycles. The van der Waals surface area contributed by atoms with E-state index < -0.39 is 0 Å². The molecule has 0 aliphatic rings. The molecule has 0 saturated carbocycles. The summed E-state index contributed by atoms with van der Waals surface area (Å²) in [6.07, 6.45) is 2.02. The van der Waals surface area contributed by atoms with Crippen LogP contribution in [0.1, 0.15) is 18.5 Å². The highest BCUT2D eigenvalue weighted by molar-refractivity contribution is 9.10. The van der Waals surface area contributed by atoms with Gasteiger partial charge in [-0.05, 0) is 49.1 Å². The van der Waals surface area contributed by atoms with Gasteiger partial charge in [0, 0.05) is 9.37 Å².